The topological polar surface area (TPSA) is 140 Å². The number of esters is 2. The van der Waals surface area contributed by atoms with E-state index >= 15 is 0 Å². The van der Waals surface area contributed by atoms with Gasteiger partial charge >= 0.3 is 18.0 Å². The van der Waals surface area contributed by atoms with E-state index in [2.05, 4.69) is 20.1 Å². The van der Waals surface area contributed by atoms with Gasteiger partial charge < -0.3 is 30.0 Å². The van der Waals surface area contributed by atoms with Gasteiger partial charge in [0.1, 0.15) is 18.7 Å². The van der Waals surface area contributed by atoms with Gasteiger partial charge in [0.25, 0.3) is 0 Å². The Morgan fingerprint density at radius 3 is 2.13 bits per heavy atom. The first-order valence-electron chi connectivity index (χ1n) is 9.29. The van der Waals surface area contributed by atoms with E-state index in [1.54, 1.807) is 31.2 Å². The smallest absolute Gasteiger partial charge is 0.408 e. The molecule has 1 rings (SSSR count). The van der Waals surface area contributed by atoms with Gasteiger partial charge in [0.05, 0.1) is 26.7 Å². The number of benzene rings is 1. The fourth-order valence-electron chi connectivity index (χ4n) is 2.56. The number of carbonyl (C=O) groups is 4. The third kappa shape index (κ3) is 8.08. The lowest BCUT2D eigenvalue weighted by Crippen LogP contribution is -2.57. The molecule has 0 heterocycles. The molecule has 166 valence electrons. The molecule has 1 aromatic carbocycles. The Morgan fingerprint density at radius 2 is 1.60 bits per heavy atom. The summed E-state index contributed by atoms with van der Waals surface area (Å²) in [6, 6.07) is 6.31. The molecule has 0 saturated heterocycles. The zero-order valence-corrected chi connectivity index (χ0v) is 17.4. The van der Waals surface area contributed by atoms with E-state index in [0.29, 0.717) is 0 Å². The normalized spacial score (nSPS) is 14.4. The van der Waals surface area contributed by atoms with Crippen molar-refractivity contribution in [2.24, 2.45) is 5.92 Å². The maximum Gasteiger partial charge on any atom is 0.408 e. The average Bonchev–Trinajstić information content (AvgIpc) is 2.73. The molecular weight excluding hydrogens is 396 g/mol. The standard InChI is InChI=1S/C20H28N2O8/c1-12(10-15(24)28-3)16(19(26)29-4)21-18(25)17(13(2)23)22-20(27)30-11-14-8-6-5-7-9-14/h5-9,12-13,16-17,23H,10-11H2,1-4H3,(H,21,25)(H,22,27)/t12-,13+,16-,17-/m0/s1. The third-order valence-corrected chi connectivity index (χ3v) is 4.29. The zero-order chi connectivity index (χ0) is 22.7. The summed E-state index contributed by atoms with van der Waals surface area (Å²) in [7, 11) is 2.34. The highest BCUT2D eigenvalue weighted by Crippen LogP contribution is 2.12. The van der Waals surface area contributed by atoms with Gasteiger partial charge in [-0.15, -0.1) is 0 Å². The number of aliphatic hydroxyl groups is 1. The molecule has 0 aliphatic rings. The Kier molecular flexibility index (Phi) is 10.3. The Hall–Kier alpha value is -3.14. The Bertz CT molecular complexity index is 723. The van der Waals surface area contributed by atoms with Crippen molar-refractivity contribution in [3.8, 4) is 0 Å². The van der Waals surface area contributed by atoms with Crippen molar-refractivity contribution in [1.29, 1.82) is 0 Å². The highest BCUT2D eigenvalue weighted by atomic mass is 16.5. The molecular formula is C20H28N2O8. The summed E-state index contributed by atoms with van der Waals surface area (Å²) < 4.78 is 14.3. The van der Waals surface area contributed by atoms with Gasteiger partial charge in [-0.3, -0.25) is 9.59 Å². The first-order chi connectivity index (χ1) is 14.2. The molecule has 30 heavy (non-hydrogen) atoms. The van der Waals surface area contributed by atoms with Crippen LogP contribution >= 0.6 is 0 Å². The van der Waals surface area contributed by atoms with Crippen molar-refractivity contribution < 1.29 is 38.5 Å². The Balaban J connectivity index is 2.78. The van der Waals surface area contributed by atoms with E-state index in [4.69, 9.17) is 4.74 Å². The number of aliphatic hydroxyl groups excluding tert-OH is 1. The van der Waals surface area contributed by atoms with Crippen molar-refractivity contribution in [2.75, 3.05) is 14.2 Å². The first-order valence-corrected chi connectivity index (χ1v) is 9.29. The molecule has 10 heteroatoms. The molecule has 0 spiro atoms. The molecule has 0 bridgehead atoms. The minimum absolute atomic E-state index is 0.0260. The summed E-state index contributed by atoms with van der Waals surface area (Å²) in [4.78, 5) is 48.2. The average molecular weight is 424 g/mol. The SMILES string of the molecule is COC(=O)C[C@H](C)[C@H](NC(=O)[C@@H](NC(=O)OCc1ccccc1)[C@@H](C)O)C(=O)OC. The number of methoxy groups -OCH3 is 2. The molecule has 10 nitrogen and oxygen atoms in total. The minimum atomic E-state index is -1.40. The maximum absolute atomic E-state index is 12.6. The van der Waals surface area contributed by atoms with E-state index in [1.165, 1.54) is 14.0 Å². The van der Waals surface area contributed by atoms with Crippen LogP contribution in [0.4, 0.5) is 4.79 Å². The van der Waals surface area contributed by atoms with Crippen LogP contribution in [0.15, 0.2) is 30.3 Å². The number of rotatable bonds is 10. The van der Waals surface area contributed by atoms with Gasteiger partial charge in [-0.05, 0) is 18.4 Å². The van der Waals surface area contributed by atoms with Gasteiger partial charge in [0.2, 0.25) is 5.91 Å². The first kappa shape index (κ1) is 24.9. The van der Waals surface area contributed by atoms with E-state index in [1.807, 2.05) is 6.07 Å². The van der Waals surface area contributed by atoms with Crippen LogP contribution in [-0.4, -0.2) is 61.5 Å². The molecule has 0 aliphatic heterocycles. The second kappa shape index (κ2) is 12.4. The number of hydrogen-bond acceptors (Lipinski definition) is 8. The van der Waals surface area contributed by atoms with Crippen molar-refractivity contribution in [3.05, 3.63) is 35.9 Å². The highest BCUT2D eigenvalue weighted by Gasteiger charge is 2.34. The van der Waals surface area contributed by atoms with Crippen molar-refractivity contribution >= 4 is 23.9 Å². The lowest BCUT2D eigenvalue weighted by Gasteiger charge is -2.26. The molecule has 4 atom stereocenters. The summed E-state index contributed by atoms with van der Waals surface area (Å²) in [5.74, 6) is -2.85. The highest BCUT2D eigenvalue weighted by molar-refractivity contribution is 5.90. The monoisotopic (exact) mass is 424 g/mol. The predicted molar refractivity (Wildman–Crippen MR) is 105 cm³/mol. The van der Waals surface area contributed by atoms with E-state index in [9.17, 15) is 24.3 Å². The maximum atomic E-state index is 12.6. The van der Waals surface area contributed by atoms with E-state index in [-0.39, 0.29) is 13.0 Å². The number of amides is 2. The summed E-state index contributed by atoms with van der Waals surface area (Å²) >= 11 is 0. The van der Waals surface area contributed by atoms with Crippen molar-refractivity contribution in [2.45, 2.75) is 45.1 Å². The van der Waals surface area contributed by atoms with Crippen LogP contribution < -0.4 is 10.6 Å². The third-order valence-electron chi connectivity index (χ3n) is 4.29. The van der Waals surface area contributed by atoms with E-state index in [0.717, 1.165) is 12.7 Å². The van der Waals surface area contributed by atoms with E-state index < -0.39 is 48.0 Å². The van der Waals surface area contributed by atoms with Crippen LogP contribution in [0, 0.1) is 5.92 Å². The van der Waals surface area contributed by atoms with Gasteiger partial charge in [-0.25, -0.2) is 9.59 Å². The van der Waals surface area contributed by atoms with Crippen LogP contribution in [0.5, 0.6) is 0 Å². The lowest BCUT2D eigenvalue weighted by atomic mass is 9.97. The molecule has 3 N–H and O–H groups in total. The van der Waals surface area contributed by atoms with Gasteiger partial charge in [0.15, 0.2) is 0 Å². The second-order valence-electron chi connectivity index (χ2n) is 6.69. The fourth-order valence-corrected chi connectivity index (χ4v) is 2.56. The molecule has 2 amide bonds. The van der Waals surface area contributed by atoms with Gasteiger partial charge in [-0.2, -0.15) is 0 Å². The molecule has 0 fully saturated rings. The predicted octanol–water partition coefficient (Wildman–Crippen LogP) is 0.519. The summed E-state index contributed by atoms with van der Waals surface area (Å²) in [5, 5.41) is 14.6. The van der Waals surface area contributed by atoms with Crippen LogP contribution in [0.25, 0.3) is 0 Å². The molecule has 1 aromatic rings. The molecule has 0 aromatic heterocycles. The fraction of sp³-hybridized carbons (Fsp3) is 0.500. The van der Waals surface area contributed by atoms with Gasteiger partial charge in [-0.1, -0.05) is 37.3 Å². The van der Waals surface area contributed by atoms with Crippen LogP contribution in [0.3, 0.4) is 0 Å². The van der Waals surface area contributed by atoms with Gasteiger partial charge in [0, 0.05) is 0 Å². The quantitative estimate of drug-likeness (QED) is 0.365. The largest absolute Gasteiger partial charge is 0.469 e. The number of carbonyl (C=O) groups excluding carboxylic acids is 4. The number of alkyl carbamates (subject to hydrolysis) is 1. The summed E-state index contributed by atoms with van der Waals surface area (Å²) in [6.07, 6.45) is -2.36. The van der Waals surface area contributed by atoms with Crippen LogP contribution in [0.2, 0.25) is 0 Å². The number of ether oxygens (including phenoxy) is 3. The minimum Gasteiger partial charge on any atom is -0.469 e. The lowest BCUT2D eigenvalue weighted by molar-refractivity contribution is -0.149. The molecule has 0 unspecified atom stereocenters. The zero-order valence-electron chi connectivity index (χ0n) is 17.4. The van der Waals surface area contributed by atoms with Crippen LogP contribution in [0.1, 0.15) is 25.8 Å². The summed E-state index contributed by atoms with van der Waals surface area (Å²) in [6.45, 7) is 2.83. The number of nitrogens with one attached hydrogen (secondary N) is 2. The second-order valence-corrected chi connectivity index (χ2v) is 6.69. The molecule has 0 radical (unpaired) electrons. The summed E-state index contributed by atoms with van der Waals surface area (Å²) in [5.41, 5.74) is 0.744. The number of hydrogen-bond donors (Lipinski definition) is 3. The molecule has 0 aliphatic carbocycles. The van der Waals surface area contributed by atoms with Crippen molar-refractivity contribution in [1.82, 2.24) is 10.6 Å². The Morgan fingerprint density at radius 1 is 0.967 bits per heavy atom. The Labute approximate surface area is 174 Å². The molecule has 0 saturated carbocycles. The van der Waals surface area contributed by atoms with Crippen LogP contribution in [-0.2, 0) is 35.2 Å². The van der Waals surface area contributed by atoms with Crippen molar-refractivity contribution in [3.63, 3.8) is 0 Å².